The second-order valence-electron chi connectivity index (χ2n) is 6.08. The molecular formula is C18H21N3O2S3. The van der Waals surface area contributed by atoms with Crippen LogP contribution in [0.1, 0.15) is 21.0 Å². The van der Waals surface area contributed by atoms with Crippen molar-refractivity contribution in [2.24, 2.45) is 0 Å². The zero-order valence-electron chi connectivity index (χ0n) is 15.3. The Hall–Kier alpha value is -1.77. The van der Waals surface area contributed by atoms with Crippen molar-refractivity contribution in [1.82, 2.24) is 10.2 Å². The summed E-state index contributed by atoms with van der Waals surface area (Å²) in [6.07, 6.45) is 1.96. The number of hydrogen-bond acceptors (Lipinski definition) is 5. The maximum absolute atomic E-state index is 13.2. The highest BCUT2D eigenvalue weighted by atomic mass is 32.2. The van der Waals surface area contributed by atoms with E-state index in [1.54, 1.807) is 17.8 Å². The molecule has 0 unspecified atom stereocenters. The van der Waals surface area contributed by atoms with Gasteiger partial charge in [-0.15, -0.1) is 23.1 Å². The first kappa shape index (κ1) is 19.0. The molecule has 8 heteroatoms. The predicted octanol–water partition coefficient (Wildman–Crippen LogP) is 4.89. The van der Waals surface area contributed by atoms with E-state index in [9.17, 15) is 8.42 Å². The Labute approximate surface area is 162 Å². The number of aromatic nitrogens is 2. The van der Waals surface area contributed by atoms with Gasteiger partial charge in [-0.1, -0.05) is 6.07 Å². The number of H-pyrrole nitrogens is 1. The molecule has 0 radical (unpaired) electrons. The first-order chi connectivity index (χ1) is 12.2. The summed E-state index contributed by atoms with van der Waals surface area (Å²) in [5.74, 6) is 0. The van der Waals surface area contributed by atoms with Crippen LogP contribution in [0.2, 0.25) is 0 Å². The fourth-order valence-corrected chi connectivity index (χ4v) is 6.25. The summed E-state index contributed by atoms with van der Waals surface area (Å²) in [6, 6.07) is 7.39. The summed E-state index contributed by atoms with van der Waals surface area (Å²) < 4.78 is 29.1. The number of nitrogens with one attached hydrogen (secondary N) is 2. The van der Waals surface area contributed by atoms with Gasteiger partial charge in [-0.2, -0.15) is 5.10 Å². The van der Waals surface area contributed by atoms with Crippen molar-refractivity contribution in [1.29, 1.82) is 0 Å². The monoisotopic (exact) mass is 407 g/mol. The molecule has 0 aliphatic carbocycles. The SMILES string of the molecule is CSc1cccc(NS(=O)(=O)c2c(C)sc(C)c2-c2n[nH]c(C)c2C)c1. The largest absolute Gasteiger partial charge is 0.282 e. The molecule has 138 valence electrons. The molecule has 0 saturated heterocycles. The average molecular weight is 408 g/mol. The van der Waals surface area contributed by atoms with Gasteiger partial charge >= 0.3 is 0 Å². The van der Waals surface area contributed by atoms with Crippen molar-refractivity contribution in [3.63, 3.8) is 0 Å². The van der Waals surface area contributed by atoms with Crippen LogP contribution in [-0.2, 0) is 10.0 Å². The molecular weight excluding hydrogens is 386 g/mol. The molecule has 0 fully saturated rings. The minimum absolute atomic E-state index is 0.309. The first-order valence-electron chi connectivity index (χ1n) is 8.03. The number of thioether (sulfide) groups is 1. The normalized spacial score (nSPS) is 11.7. The van der Waals surface area contributed by atoms with Gasteiger partial charge in [-0.3, -0.25) is 9.82 Å². The lowest BCUT2D eigenvalue weighted by Gasteiger charge is -2.11. The van der Waals surface area contributed by atoms with Gasteiger partial charge < -0.3 is 0 Å². The summed E-state index contributed by atoms with van der Waals surface area (Å²) in [4.78, 5) is 3.01. The lowest BCUT2D eigenvalue weighted by Crippen LogP contribution is -2.14. The second-order valence-corrected chi connectivity index (χ2v) is 10.0. The summed E-state index contributed by atoms with van der Waals surface area (Å²) in [7, 11) is -3.74. The van der Waals surface area contributed by atoms with Crippen LogP contribution < -0.4 is 4.72 Å². The number of aromatic amines is 1. The highest BCUT2D eigenvalue weighted by Gasteiger charge is 2.28. The Kier molecular flexibility index (Phi) is 5.18. The molecule has 3 aromatic rings. The highest BCUT2D eigenvalue weighted by Crippen LogP contribution is 2.40. The van der Waals surface area contributed by atoms with Gasteiger partial charge in [0.15, 0.2) is 0 Å². The standard InChI is InChI=1S/C18H21N3O2S3/c1-10-11(2)19-20-17(10)16-12(3)25-13(4)18(16)26(22,23)21-14-7-6-8-15(9-14)24-5/h6-9,21H,1-5H3,(H,19,20). The zero-order valence-corrected chi connectivity index (χ0v) is 17.7. The number of sulfonamides is 1. The topological polar surface area (TPSA) is 74.8 Å². The number of benzene rings is 1. The number of anilines is 1. The number of thiophene rings is 1. The third-order valence-electron chi connectivity index (χ3n) is 4.29. The van der Waals surface area contributed by atoms with E-state index in [0.29, 0.717) is 21.8 Å². The molecule has 26 heavy (non-hydrogen) atoms. The van der Waals surface area contributed by atoms with Crippen molar-refractivity contribution >= 4 is 38.8 Å². The van der Waals surface area contributed by atoms with Gasteiger partial charge in [0.1, 0.15) is 4.90 Å². The molecule has 0 amide bonds. The molecule has 3 rings (SSSR count). The molecule has 0 bridgehead atoms. The van der Waals surface area contributed by atoms with Crippen molar-refractivity contribution in [2.75, 3.05) is 11.0 Å². The summed E-state index contributed by atoms with van der Waals surface area (Å²) in [5, 5.41) is 7.31. The average Bonchev–Trinajstić information content (AvgIpc) is 3.06. The molecule has 0 aliphatic heterocycles. The molecule has 0 spiro atoms. The molecule has 2 aromatic heterocycles. The van der Waals surface area contributed by atoms with Gasteiger partial charge in [0, 0.05) is 31.6 Å². The molecule has 0 atom stereocenters. The van der Waals surface area contributed by atoms with Gasteiger partial charge in [-0.25, -0.2) is 8.42 Å². The van der Waals surface area contributed by atoms with Gasteiger partial charge in [0.2, 0.25) is 0 Å². The van der Waals surface area contributed by atoms with E-state index in [0.717, 1.165) is 25.9 Å². The van der Waals surface area contributed by atoms with Gasteiger partial charge in [0.05, 0.1) is 5.69 Å². The summed E-state index contributed by atoms with van der Waals surface area (Å²) in [5.41, 5.74) is 3.84. The predicted molar refractivity (Wildman–Crippen MR) is 110 cm³/mol. The number of aryl methyl sites for hydroxylation is 3. The summed E-state index contributed by atoms with van der Waals surface area (Å²) in [6.45, 7) is 7.65. The van der Waals surface area contributed by atoms with Crippen LogP contribution in [0.5, 0.6) is 0 Å². The minimum atomic E-state index is -3.74. The van der Waals surface area contributed by atoms with Crippen LogP contribution >= 0.6 is 23.1 Å². The van der Waals surface area contributed by atoms with Gasteiger partial charge in [0.25, 0.3) is 10.0 Å². The van der Waals surface area contributed by atoms with E-state index in [-0.39, 0.29) is 0 Å². The van der Waals surface area contributed by atoms with Crippen LogP contribution in [0, 0.1) is 27.7 Å². The zero-order chi connectivity index (χ0) is 19.1. The Morgan fingerprint density at radius 1 is 1.15 bits per heavy atom. The van der Waals surface area contributed by atoms with E-state index in [1.165, 1.54) is 11.3 Å². The molecule has 0 saturated carbocycles. The number of nitrogens with zero attached hydrogens (tertiary/aromatic N) is 1. The maximum atomic E-state index is 13.2. The lowest BCUT2D eigenvalue weighted by molar-refractivity contribution is 0.601. The van der Waals surface area contributed by atoms with E-state index in [1.807, 2.05) is 52.1 Å². The van der Waals surface area contributed by atoms with E-state index >= 15 is 0 Å². The second kappa shape index (κ2) is 7.09. The fraction of sp³-hybridized carbons (Fsp3) is 0.278. The van der Waals surface area contributed by atoms with E-state index in [2.05, 4.69) is 14.9 Å². The minimum Gasteiger partial charge on any atom is -0.282 e. The third-order valence-corrected chi connectivity index (χ3v) is 7.71. The molecule has 5 nitrogen and oxygen atoms in total. The third kappa shape index (κ3) is 3.41. The van der Waals surface area contributed by atoms with E-state index < -0.39 is 10.0 Å². The molecule has 2 heterocycles. The molecule has 2 N–H and O–H groups in total. The smallest absolute Gasteiger partial charge is 0.263 e. The molecule has 0 aliphatic rings. The lowest BCUT2D eigenvalue weighted by atomic mass is 10.1. The number of hydrogen-bond donors (Lipinski definition) is 2. The Balaban J connectivity index is 2.12. The van der Waals surface area contributed by atoms with Crippen molar-refractivity contribution in [2.45, 2.75) is 37.5 Å². The molecule has 1 aromatic carbocycles. The Morgan fingerprint density at radius 2 is 1.88 bits per heavy atom. The quantitative estimate of drug-likeness (QED) is 0.590. The van der Waals surface area contributed by atoms with Gasteiger partial charge in [-0.05, 0) is 57.7 Å². The first-order valence-corrected chi connectivity index (χ1v) is 11.6. The van der Waals surface area contributed by atoms with Crippen molar-refractivity contribution in [3.05, 3.63) is 45.3 Å². The van der Waals surface area contributed by atoms with Crippen molar-refractivity contribution < 1.29 is 8.42 Å². The number of rotatable bonds is 5. The maximum Gasteiger partial charge on any atom is 0.263 e. The van der Waals surface area contributed by atoms with Crippen LogP contribution in [0.4, 0.5) is 5.69 Å². The highest BCUT2D eigenvalue weighted by molar-refractivity contribution is 7.98. The Bertz CT molecular complexity index is 1070. The van der Waals surface area contributed by atoms with Crippen LogP contribution in [0.15, 0.2) is 34.1 Å². The van der Waals surface area contributed by atoms with E-state index in [4.69, 9.17) is 0 Å². The van der Waals surface area contributed by atoms with Crippen LogP contribution in [-0.4, -0.2) is 24.9 Å². The van der Waals surface area contributed by atoms with Crippen molar-refractivity contribution in [3.8, 4) is 11.3 Å². The van der Waals surface area contributed by atoms with Crippen LogP contribution in [0.25, 0.3) is 11.3 Å². The Morgan fingerprint density at radius 3 is 2.50 bits per heavy atom. The fourth-order valence-electron chi connectivity index (χ4n) is 2.88. The summed E-state index contributed by atoms with van der Waals surface area (Å²) >= 11 is 3.05. The van der Waals surface area contributed by atoms with Crippen LogP contribution in [0.3, 0.4) is 0 Å².